The lowest BCUT2D eigenvalue weighted by atomic mass is 10.0. The molecule has 0 spiro atoms. The molecule has 11 N–H and O–H groups in total. The van der Waals surface area contributed by atoms with Crippen LogP contribution in [0.4, 0.5) is 0 Å². The van der Waals surface area contributed by atoms with Crippen molar-refractivity contribution < 1.29 is 34.2 Å². The number of rotatable bonds is 16. The summed E-state index contributed by atoms with van der Waals surface area (Å²) in [6.07, 6.45) is -0.131. The summed E-state index contributed by atoms with van der Waals surface area (Å²) in [6, 6.07) is 3.65. The Bertz CT molecular complexity index is 973. The smallest absolute Gasteiger partial charge is 0.326 e. The Morgan fingerprint density at radius 1 is 0.892 bits per heavy atom. The van der Waals surface area contributed by atoms with E-state index in [0.29, 0.717) is 12.0 Å². The molecule has 1 rings (SSSR count). The molecule has 0 heterocycles. The Balaban J connectivity index is 2.94. The number of nitrogens with two attached hydrogens (primary N) is 3. The van der Waals surface area contributed by atoms with Gasteiger partial charge in [-0.25, -0.2) is 4.79 Å². The average Bonchev–Trinajstić information content (AvgIpc) is 2.83. The van der Waals surface area contributed by atoms with Crippen molar-refractivity contribution in [1.82, 2.24) is 16.0 Å². The Hall–Kier alpha value is -3.85. The predicted octanol–water partition coefficient (Wildman–Crippen LogP) is -2.45. The van der Waals surface area contributed by atoms with Gasteiger partial charge < -0.3 is 43.4 Å². The van der Waals surface area contributed by atoms with E-state index in [1.807, 2.05) is 0 Å². The normalized spacial score (nSPS) is 13.8. The first-order valence-electron chi connectivity index (χ1n) is 11.3. The number of nitrogens with one attached hydrogen (secondary N) is 3. The molecule has 0 saturated heterocycles. The molecule has 4 atom stereocenters. The fourth-order valence-electron chi connectivity index (χ4n) is 3.10. The zero-order valence-corrected chi connectivity index (χ0v) is 20.9. The van der Waals surface area contributed by atoms with E-state index in [4.69, 9.17) is 27.4 Å². The van der Waals surface area contributed by atoms with Crippen LogP contribution in [0.15, 0.2) is 35.3 Å². The van der Waals surface area contributed by atoms with Gasteiger partial charge in [-0.05, 0) is 18.4 Å². The van der Waals surface area contributed by atoms with Crippen molar-refractivity contribution in [2.45, 2.75) is 49.9 Å². The number of benzene rings is 1. The van der Waals surface area contributed by atoms with Gasteiger partial charge in [-0.15, -0.1) is 0 Å². The second-order valence-corrected chi connectivity index (χ2v) is 8.41. The van der Waals surface area contributed by atoms with E-state index < -0.39 is 60.2 Å². The molecule has 0 radical (unpaired) electrons. The second-order valence-electron chi connectivity index (χ2n) is 8.05. The Kier molecular flexibility index (Phi) is 13.5. The van der Waals surface area contributed by atoms with Crippen LogP contribution in [-0.2, 0) is 30.4 Å². The molecule has 0 bridgehead atoms. The molecule has 0 aliphatic carbocycles. The summed E-state index contributed by atoms with van der Waals surface area (Å²) >= 11 is 4.03. The Morgan fingerprint density at radius 2 is 1.46 bits per heavy atom. The van der Waals surface area contributed by atoms with Gasteiger partial charge in [0.05, 0.1) is 12.5 Å². The number of aliphatic imine (C=N–C) groups is 1. The van der Waals surface area contributed by atoms with Gasteiger partial charge in [0.1, 0.15) is 18.1 Å². The first kappa shape index (κ1) is 31.2. The summed E-state index contributed by atoms with van der Waals surface area (Å²) in [5, 5.41) is 25.1. The van der Waals surface area contributed by atoms with Crippen LogP contribution in [0.25, 0.3) is 0 Å². The van der Waals surface area contributed by atoms with Crippen LogP contribution >= 0.6 is 12.6 Å². The predicted molar refractivity (Wildman–Crippen MR) is 138 cm³/mol. The number of nitrogens with zero attached hydrogens (tertiary/aromatic N) is 1. The minimum Gasteiger partial charge on any atom is -0.481 e. The van der Waals surface area contributed by atoms with Gasteiger partial charge in [0.15, 0.2) is 5.96 Å². The molecule has 0 aliphatic heterocycles. The van der Waals surface area contributed by atoms with Gasteiger partial charge in [-0.2, -0.15) is 12.6 Å². The number of hydrogen-bond donors (Lipinski definition) is 9. The first-order chi connectivity index (χ1) is 17.4. The summed E-state index contributed by atoms with van der Waals surface area (Å²) in [6.45, 7) is 0.273. The van der Waals surface area contributed by atoms with Crippen LogP contribution in [0, 0.1) is 0 Å². The van der Waals surface area contributed by atoms with Crippen molar-refractivity contribution in [2.24, 2.45) is 22.2 Å². The molecule has 204 valence electrons. The highest BCUT2D eigenvalue weighted by Crippen LogP contribution is 2.06. The molecule has 1 aromatic rings. The van der Waals surface area contributed by atoms with E-state index in [2.05, 4.69) is 33.6 Å². The number of amides is 3. The highest BCUT2D eigenvalue weighted by molar-refractivity contribution is 7.80. The molecular weight excluding hydrogens is 506 g/mol. The van der Waals surface area contributed by atoms with Gasteiger partial charge >= 0.3 is 11.9 Å². The molecule has 0 saturated carbocycles. The van der Waals surface area contributed by atoms with Gasteiger partial charge in [0, 0.05) is 18.7 Å². The lowest BCUT2D eigenvalue weighted by molar-refractivity contribution is -0.147. The van der Waals surface area contributed by atoms with Gasteiger partial charge in [-0.3, -0.25) is 24.2 Å². The SMILES string of the molecule is NC(N)=NCCCC(N)C(=O)NC(Cc1ccccc1)C(=O)NC(CS)C(=O)NC(CC(=O)O)C(=O)O. The maximum absolute atomic E-state index is 13.1. The largest absolute Gasteiger partial charge is 0.481 e. The summed E-state index contributed by atoms with van der Waals surface area (Å²) < 4.78 is 0. The van der Waals surface area contributed by atoms with E-state index in [9.17, 15) is 24.0 Å². The zero-order valence-electron chi connectivity index (χ0n) is 20.0. The third-order valence-electron chi connectivity index (χ3n) is 5.03. The number of hydrogen-bond acceptors (Lipinski definition) is 8. The molecule has 14 nitrogen and oxygen atoms in total. The van der Waals surface area contributed by atoms with E-state index >= 15 is 0 Å². The number of carboxylic acid groups (broad SMARTS) is 2. The first-order valence-corrected chi connectivity index (χ1v) is 11.9. The van der Waals surface area contributed by atoms with Gasteiger partial charge in [-0.1, -0.05) is 30.3 Å². The number of aliphatic carboxylic acids is 2. The number of carboxylic acids is 2. The van der Waals surface area contributed by atoms with Crippen LogP contribution < -0.4 is 33.2 Å². The maximum atomic E-state index is 13.1. The van der Waals surface area contributed by atoms with Crippen molar-refractivity contribution >= 4 is 48.2 Å². The van der Waals surface area contributed by atoms with Crippen molar-refractivity contribution in [3.63, 3.8) is 0 Å². The third kappa shape index (κ3) is 12.1. The van der Waals surface area contributed by atoms with Crippen LogP contribution in [0.2, 0.25) is 0 Å². The van der Waals surface area contributed by atoms with Crippen LogP contribution in [0.3, 0.4) is 0 Å². The fourth-order valence-corrected chi connectivity index (χ4v) is 3.36. The van der Waals surface area contributed by atoms with Gasteiger partial charge in [0.2, 0.25) is 17.7 Å². The highest BCUT2D eigenvalue weighted by Gasteiger charge is 2.30. The quantitative estimate of drug-likeness (QED) is 0.0464. The highest BCUT2D eigenvalue weighted by atomic mass is 32.1. The third-order valence-corrected chi connectivity index (χ3v) is 5.39. The molecule has 1 aromatic carbocycles. The minimum absolute atomic E-state index is 0.0663. The summed E-state index contributed by atoms with van der Waals surface area (Å²) in [4.78, 5) is 64.2. The monoisotopic (exact) mass is 539 g/mol. The molecule has 37 heavy (non-hydrogen) atoms. The molecule has 4 unspecified atom stereocenters. The van der Waals surface area contributed by atoms with Crippen LogP contribution in [0.1, 0.15) is 24.8 Å². The summed E-state index contributed by atoms with van der Waals surface area (Å²) in [7, 11) is 0. The summed E-state index contributed by atoms with van der Waals surface area (Å²) in [5.41, 5.74) is 17.2. The van der Waals surface area contributed by atoms with E-state index in [-0.39, 0.29) is 31.1 Å². The zero-order chi connectivity index (χ0) is 28.0. The van der Waals surface area contributed by atoms with E-state index in [1.165, 1.54) is 0 Å². The van der Waals surface area contributed by atoms with Crippen molar-refractivity contribution in [2.75, 3.05) is 12.3 Å². The van der Waals surface area contributed by atoms with Gasteiger partial charge in [0.25, 0.3) is 0 Å². The minimum atomic E-state index is -1.71. The van der Waals surface area contributed by atoms with Crippen molar-refractivity contribution in [3.8, 4) is 0 Å². The number of carbonyl (C=O) groups is 5. The van der Waals surface area contributed by atoms with Crippen LogP contribution in [0.5, 0.6) is 0 Å². The molecule has 3 amide bonds. The van der Waals surface area contributed by atoms with Crippen molar-refractivity contribution in [3.05, 3.63) is 35.9 Å². The lowest BCUT2D eigenvalue weighted by Crippen LogP contribution is -2.58. The number of guanidine groups is 1. The topological polar surface area (TPSA) is 252 Å². The summed E-state index contributed by atoms with van der Waals surface area (Å²) in [5.74, 6) is -5.60. The molecule has 0 aromatic heterocycles. The van der Waals surface area contributed by atoms with E-state index in [1.54, 1.807) is 30.3 Å². The molecule has 0 aliphatic rings. The van der Waals surface area contributed by atoms with E-state index in [0.717, 1.165) is 0 Å². The van der Waals surface area contributed by atoms with Crippen LogP contribution in [-0.4, -0.2) is 82.3 Å². The molecule has 15 heteroatoms. The van der Waals surface area contributed by atoms with Crippen molar-refractivity contribution in [1.29, 1.82) is 0 Å². The second kappa shape index (κ2) is 16.0. The lowest BCUT2D eigenvalue weighted by Gasteiger charge is -2.24. The Labute approximate surface area is 218 Å². The molecule has 0 fully saturated rings. The number of thiol groups is 1. The fraction of sp³-hybridized carbons (Fsp3) is 0.455. The average molecular weight is 540 g/mol. The number of carbonyl (C=O) groups excluding carboxylic acids is 3. The Morgan fingerprint density at radius 3 is 2.00 bits per heavy atom. The standard InChI is InChI=1S/C22H33N7O7S/c23-13(7-4-8-26-22(24)25)18(32)27-14(9-12-5-2-1-3-6-12)19(33)29-16(11-37)20(34)28-15(21(35)36)10-17(30)31/h1-3,5-6,13-16,37H,4,7-11,23H2,(H,27,32)(H,28,34)(H,29,33)(H,30,31)(H,35,36)(H4,24,25,26). The maximum Gasteiger partial charge on any atom is 0.326 e. The molecular formula is C22H33N7O7S.